The minimum atomic E-state index is 0.280. The fourth-order valence-electron chi connectivity index (χ4n) is 2.66. The number of halogens is 1. The SMILES string of the molecule is Cc1ccc(C(CN)N2CCSC(C)(C)CC2)cc1Cl. The first-order valence-electron chi connectivity index (χ1n) is 7.27. The van der Waals surface area contributed by atoms with Crippen LogP contribution in [0.4, 0.5) is 0 Å². The van der Waals surface area contributed by atoms with Crippen molar-refractivity contribution in [3.8, 4) is 0 Å². The van der Waals surface area contributed by atoms with E-state index in [-0.39, 0.29) is 6.04 Å². The van der Waals surface area contributed by atoms with E-state index in [9.17, 15) is 0 Å². The molecule has 0 saturated carbocycles. The van der Waals surface area contributed by atoms with E-state index in [1.165, 1.54) is 17.7 Å². The van der Waals surface area contributed by atoms with E-state index in [2.05, 4.69) is 48.7 Å². The quantitative estimate of drug-likeness (QED) is 0.919. The van der Waals surface area contributed by atoms with Crippen LogP contribution in [0, 0.1) is 6.92 Å². The molecular formula is C16H25ClN2S. The lowest BCUT2D eigenvalue weighted by Gasteiger charge is -2.30. The Morgan fingerprint density at radius 3 is 2.80 bits per heavy atom. The van der Waals surface area contributed by atoms with Crippen molar-refractivity contribution in [1.29, 1.82) is 0 Å². The largest absolute Gasteiger partial charge is 0.329 e. The standard InChI is InChI=1S/C16H25ClN2S/c1-12-4-5-13(10-14(12)17)15(11-18)19-7-6-16(2,3)20-9-8-19/h4-5,10,15H,6-9,11,18H2,1-3H3. The van der Waals surface area contributed by atoms with Crippen LogP contribution in [0.15, 0.2) is 18.2 Å². The summed E-state index contributed by atoms with van der Waals surface area (Å²) in [7, 11) is 0. The van der Waals surface area contributed by atoms with Crippen LogP contribution >= 0.6 is 23.4 Å². The second kappa shape index (κ2) is 6.69. The van der Waals surface area contributed by atoms with Gasteiger partial charge < -0.3 is 5.73 Å². The van der Waals surface area contributed by atoms with Crippen molar-refractivity contribution in [2.45, 2.75) is 38.0 Å². The molecule has 1 heterocycles. The van der Waals surface area contributed by atoms with Gasteiger partial charge in [0.1, 0.15) is 0 Å². The molecule has 4 heteroatoms. The first kappa shape index (κ1) is 16.2. The van der Waals surface area contributed by atoms with Crippen LogP contribution in [0.2, 0.25) is 5.02 Å². The number of rotatable bonds is 3. The van der Waals surface area contributed by atoms with Crippen LogP contribution in [0.25, 0.3) is 0 Å². The zero-order chi connectivity index (χ0) is 14.8. The van der Waals surface area contributed by atoms with Gasteiger partial charge in [-0.05, 0) is 30.5 Å². The van der Waals surface area contributed by atoms with E-state index >= 15 is 0 Å². The Morgan fingerprint density at radius 2 is 2.15 bits per heavy atom. The number of hydrogen-bond donors (Lipinski definition) is 1. The molecule has 2 nitrogen and oxygen atoms in total. The summed E-state index contributed by atoms with van der Waals surface area (Å²) < 4.78 is 0.374. The summed E-state index contributed by atoms with van der Waals surface area (Å²) in [5.41, 5.74) is 8.42. The predicted molar refractivity (Wildman–Crippen MR) is 90.7 cm³/mol. The lowest BCUT2D eigenvalue weighted by atomic mass is 10.0. The van der Waals surface area contributed by atoms with E-state index in [1.54, 1.807) is 0 Å². The first-order chi connectivity index (χ1) is 9.43. The number of hydrogen-bond acceptors (Lipinski definition) is 3. The van der Waals surface area contributed by atoms with Crippen LogP contribution in [-0.2, 0) is 0 Å². The van der Waals surface area contributed by atoms with Gasteiger partial charge in [-0.3, -0.25) is 4.90 Å². The molecule has 2 rings (SSSR count). The lowest BCUT2D eigenvalue weighted by molar-refractivity contribution is 0.211. The van der Waals surface area contributed by atoms with E-state index in [1.807, 2.05) is 6.92 Å². The molecule has 112 valence electrons. The molecule has 0 amide bonds. The summed E-state index contributed by atoms with van der Waals surface area (Å²) in [5, 5.41) is 0.838. The highest BCUT2D eigenvalue weighted by Gasteiger charge is 2.27. The normalized spacial score (nSPS) is 21.4. The van der Waals surface area contributed by atoms with E-state index < -0.39 is 0 Å². The third-order valence-electron chi connectivity index (χ3n) is 4.12. The van der Waals surface area contributed by atoms with E-state index in [4.69, 9.17) is 17.3 Å². The van der Waals surface area contributed by atoms with Gasteiger partial charge in [0.15, 0.2) is 0 Å². The highest BCUT2D eigenvalue weighted by molar-refractivity contribution is 8.00. The second-order valence-corrected chi connectivity index (χ2v) is 8.36. The third kappa shape index (κ3) is 3.91. The number of aryl methyl sites for hydroxylation is 1. The third-order valence-corrected chi connectivity index (χ3v) is 5.90. The van der Waals surface area contributed by atoms with E-state index in [0.717, 1.165) is 23.7 Å². The maximum absolute atomic E-state index is 6.27. The van der Waals surface area contributed by atoms with Crippen LogP contribution in [-0.4, -0.2) is 35.0 Å². The smallest absolute Gasteiger partial charge is 0.0471 e. The molecule has 1 aliphatic heterocycles. The number of nitrogens with two attached hydrogens (primary N) is 1. The highest BCUT2D eigenvalue weighted by Crippen LogP contribution is 2.34. The Hall–Kier alpha value is -0.220. The van der Waals surface area contributed by atoms with Gasteiger partial charge in [0.05, 0.1) is 0 Å². The number of benzene rings is 1. The molecule has 1 unspecified atom stereocenters. The van der Waals surface area contributed by atoms with Crippen molar-refractivity contribution in [2.75, 3.05) is 25.4 Å². The summed E-state index contributed by atoms with van der Waals surface area (Å²) in [5.74, 6) is 1.17. The number of nitrogens with zero attached hydrogens (tertiary/aromatic N) is 1. The Bertz CT molecular complexity index is 462. The molecule has 0 aromatic heterocycles. The van der Waals surface area contributed by atoms with Crippen molar-refractivity contribution in [3.05, 3.63) is 34.3 Å². The van der Waals surface area contributed by atoms with Gasteiger partial charge in [-0.25, -0.2) is 0 Å². The Labute approximate surface area is 132 Å². The Morgan fingerprint density at radius 1 is 1.40 bits per heavy atom. The molecule has 1 saturated heterocycles. The van der Waals surface area contributed by atoms with Crippen LogP contribution in [0.5, 0.6) is 0 Å². The average molecular weight is 313 g/mol. The summed E-state index contributed by atoms with van der Waals surface area (Å²) in [4.78, 5) is 2.52. The van der Waals surface area contributed by atoms with Crippen LogP contribution in [0.3, 0.4) is 0 Å². The molecule has 1 atom stereocenters. The predicted octanol–water partition coefficient (Wildman–Crippen LogP) is 3.87. The number of thioether (sulfide) groups is 1. The molecule has 0 spiro atoms. The highest BCUT2D eigenvalue weighted by atomic mass is 35.5. The van der Waals surface area contributed by atoms with Crippen LogP contribution in [0.1, 0.15) is 37.4 Å². The van der Waals surface area contributed by atoms with Gasteiger partial charge in [-0.15, -0.1) is 0 Å². The van der Waals surface area contributed by atoms with Gasteiger partial charge in [0.25, 0.3) is 0 Å². The van der Waals surface area contributed by atoms with Gasteiger partial charge in [-0.1, -0.05) is 37.6 Å². The summed E-state index contributed by atoms with van der Waals surface area (Å²) >= 11 is 8.33. The fraction of sp³-hybridized carbons (Fsp3) is 0.625. The van der Waals surface area contributed by atoms with Gasteiger partial charge in [0.2, 0.25) is 0 Å². The monoisotopic (exact) mass is 312 g/mol. The van der Waals surface area contributed by atoms with Crippen molar-refractivity contribution in [2.24, 2.45) is 5.73 Å². The van der Waals surface area contributed by atoms with Crippen molar-refractivity contribution >= 4 is 23.4 Å². The van der Waals surface area contributed by atoms with Crippen molar-refractivity contribution in [3.63, 3.8) is 0 Å². The molecule has 1 aromatic carbocycles. The minimum absolute atomic E-state index is 0.280. The van der Waals surface area contributed by atoms with Crippen LogP contribution < -0.4 is 5.73 Å². The molecule has 20 heavy (non-hydrogen) atoms. The summed E-state index contributed by atoms with van der Waals surface area (Å²) in [6.45, 7) is 9.55. The second-order valence-electron chi connectivity index (χ2n) is 6.15. The van der Waals surface area contributed by atoms with Crippen molar-refractivity contribution < 1.29 is 0 Å². The molecule has 0 radical (unpaired) electrons. The molecule has 1 aliphatic rings. The van der Waals surface area contributed by atoms with Gasteiger partial charge >= 0.3 is 0 Å². The average Bonchev–Trinajstić information content (AvgIpc) is 2.56. The Kier molecular flexibility index (Phi) is 5.41. The maximum Gasteiger partial charge on any atom is 0.0471 e. The molecule has 1 aromatic rings. The fourth-order valence-corrected chi connectivity index (χ4v) is 3.96. The van der Waals surface area contributed by atoms with Gasteiger partial charge in [0, 0.05) is 41.2 Å². The van der Waals surface area contributed by atoms with E-state index in [0.29, 0.717) is 11.3 Å². The van der Waals surface area contributed by atoms with Crippen molar-refractivity contribution in [1.82, 2.24) is 4.90 Å². The zero-order valence-electron chi connectivity index (χ0n) is 12.7. The molecule has 2 N–H and O–H groups in total. The topological polar surface area (TPSA) is 29.3 Å². The van der Waals surface area contributed by atoms with Gasteiger partial charge in [-0.2, -0.15) is 11.8 Å². The first-order valence-corrected chi connectivity index (χ1v) is 8.63. The molecule has 1 fully saturated rings. The maximum atomic E-state index is 6.27. The summed E-state index contributed by atoms with van der Waals surface area (Å²) in [6, 6.07) is 6.62. The molecule has 0 bridgehead atoms. The minimum Gasteiger partial charge on any atom is -0.329 e. The lowest BCUT2D eigenvalue weighted by Crippen LogP contribution is -2.36. The summed E-state index contributed by atoms with van der Waals surface area (Å²) in [6.07, 6.45) is 1.20. The molecular weight excluding hydrogens is 288 g/mol. The molecule has 0 aliphatic carbocycles. The zero-order valence-corrected chi connectivity index (χ0v) is 14.2. The Balaban J connectivity index is 2.17.